The Morgan fingerprint density at radius 2 is 1.81 bits per heavy atom. The maximum absolute atomic E-state index is 12.7. The molecule has 0 saturated carbocycles. The van der Waals surface area contributed by atoms with Gasteiger partial charge in [0.2, 0.25) is 4.80 Å². The van der Waals surface area contributed by atoms with E-state index in [2.05, 4.69) is 4.40 Å². The molecule has 0 bridgehead atoms. The van der Waals surface area contributed by atoms with Crippen LogP contribution in [0, 0.1) is 0 Å². The summed E-state index contributed by atoms with van der Waals surface area (Å²) >= 11 is 1.19. The van der Waals surface area contributed by atoms with E-state index in [1.165, 1.54) is 42.3 Å². The molecule has 0 radical (unpaired) electrons. The van der Waals surface area contributed by atoms with E-state index in [0.717, 1.165) is 4.70 Å². The van der Waals surface area contributed by atoms with Gasteiger partial charge < -0.3 is 14.0 Å². The largest absolute Gasteiger partial charge is 0.497 e. The predicted octanol–water partition coefficient (Wildman–Crippen LogP) is 2.17. The minimum Gasteiger partial charge on any atom is -0.497 e. The molecular weight excluding hydrogens is 376 g/mol. The molecule has 7 nitrogen and oxygen atoms in total. The lowest BCUT2D eigenvalue weighted by Crippen LogP contribution is -2.22. The molecule has 26 heavy (non-hydrogen) atoms. The number of nitrogens with zero attached hydrogens (tertiary/aromatic N) is 2. The number of fused-ring (bicyclic) bond motifs is 1. The Morgan fingerprint density at radius 1 is 1.12 bits per heavy atom. The Bertz CT molecular complexity index is 1110. The average molecular weight is 392 g/mol. The standard InChI is InChI=1S/C17H16N2O5S2/c1-23-12-7-9-13(10-8-12)26(21,22)18-17-19(11-16(20)24-2)14-5-3-4-6-15(14)25-17/h3-10H,11H2,1-2H3/b18-17-. The summed E-state index contributed by atoms with van der Waals surface area (Å²) in [5.41, 5.74) is 0.714. The number of esters is 1. The summed E-state index contributed by atoms with van der Waals surface area (Å²) in [4.78, 5) is 12.0. The molecule has 1 aromatic heterocycles. The molecule has 0 amide bonds. The van der Waals surface area contributed by atoms with Crippen molar-refractivity contribution in [3.63, 3.8) is 0 Å². The Balaban J connectivity index is 2.15. The number of para-hydroxylation sites is 1. The van der Waals surface area contributed by atoms with Gasteiger partial charge in [-0.3, -0.25) is 4.79 Å². The van der Waals surface area contributed by atoms with Crippen molar-refractivity contribution in [3.8, 4) is 5.75 Å². The van der Waals surface area contributed by atoms with Crippen molar-refractivity contribution in [3.05, 3.63) is 53.3 Å². The van der Waals surface area contributed by atoms with Crippen LogP contribution < -0.4 is 9.54 Å². The molecule has 0 atom stereocenters. The van der Waals surface area contributed by atoms with E-state index in [-0.39, 0.29) is 16.2 Å². The molecular formula is C17H16N2O5S2. The van der Waals surface area contributed by atoms with Crippen LogP contribution in [0.25, 0.3) is 10.2 Å². The number of aromatic nitrogens is 1. The molecule has 0 N–H and O–H groups in total. The van der Waals surface area contributed by atoms with Gasteiger partial charge in [-0.1, -0.05) is 23.5 Å². The lowest BCUT2D eigenvalue weighted by molar-refractivity contribution is -0.141. The van der Waals surface area contributed by atoms with E-state index < -0.39 is 16.0 Å². The minimum absolute atomic E-state index is 0.0420. The first-order chi connectivity index (χ1) is 12.4. The molecule has 0 fully saturated rings. The van der Waals surface area contributed by atoms with Crippen LogP contribution in [-0.2, 0) is 26.1 Å². The molecule has 3 aromatic rings. The highest BCUT2D eigenvalue weighted by Gasteiger charge is 2.16. The number of methoxy groups -OCH3 is 2. The van der Waals surface area contributed by atoms with Crippen LogP contribution in [0.4, 0.5) is 0 Å². The van der Waals surface area contributed by atoms with E-state index in [4.69, 9.17) is 9.47 Å². The molecule has 0 saturated heterocycles. The van der Waals surface area contributed by atoms with Gasteiger partial charge in [-0.05, 0) is 36.4 Å². The van der Waals surface area contributed by atoms with Gasteiger partial charge in [-0.25, -0.2) is 0 Å². The lowest BCUT2D eigenvalue weighted by atomic mass is 10.3. The van der Waals surface area contributed by atoms with Gasteiger partial charge in [0, 0.05) is 0 Å². The van der Waals surface area contributed by atoms with Crippen LogP contribution in [0.1, 0.15) is 0 Å². The van der Waals surface area contributed by atoms with E-state index in [9.17, 15) is 13.2 Å². The monoisotopic (exact) mass is 392 g/mol. The van der Waals surface area contributed by atoms with Gasteiger partial charge in [-0.2, -0.15) is 8.42 Å². The molecule has 0 aliphatic rings. The van der Waals surface area contributed by atoms with Crippen molar-refractivity contribution in [2.45, 2.75) is 11.4 Å². The van der Waals surface area contributed by atoms with Gasteiger partial charge in [-0.15, -0.1) is 4.40 Å². The maximum Gasteiger partial charge on any atom is 0.325 e. The molecule has 9 heteroatoms. The number of benzene rings is 2. The zero-order valence-corrected chi connectivity index (χ0v) is 15.7. The normalized spacial score (nSPS) is 12.3. The summed E-state index contributed by atoms with van der Waals surface area (Å²) in [5.74, 6) is 0.0587. The van der Waals surface area contributed by atoms with Crippen LogP contribution >= 0.6 is 11.3 Å². The van der Waals surface area contributed by atoms with Gasteiger partial charge in [0.05, 0.1) is 29.3 Å². The number of hydrogen-bond donors (Lipinski definition) is 0. The fourth-order valence-corrected chi connectivity index (χ4v) is 4.57. The predicted molar refractivity (Wildman–Crippen MR) is 97.6 cm³/mol. The van der Waals surface area contributed by atoms with Crippen molar-refractivity contribution in [2.24, 2.45) is 4.40 Å². The van der Waals surface area contributed by atoms with Crippen molar-refractivity contribution < 1.29 is 22.7 Å². The van der Waals surface area contributed by atoms with Crippen LogP contribution in [0.3, 0.4) is 0 Å². The number of hydrogen-bond acceptors (Lipinski definition) is 6. The molecule has 0 aliphatic carbocycles. The minimum atomic E-state index is -3.94. The first-order valence-corrected chi connectivity index (χ1v) is 9.80. The van der Waals surface area contributed by atoms with Gasteiger partial charge >= 0.3 is 5.97 Å². The van der Waals surface area contributed by atoms with Crippen molar-refractivity contribution in [1.29, 1.82) is 0 Å². The first kappa shape index (κ1) is 18.2. The summed E-state index contributed by atoms with van der Waals surface area (Å²) in [7, 11) is -1.16. The van der Waals surface area contributed by atoms with E-state index in [1.807, 2.05) is 18.2 Å². The summed E-state index contributed by atoms with van der Waals surface area (Å²) in [5, 5.41) is 0. The highest BCUT2D eigenvalue weighted by atomic mass is 32.2. The molecule has 0 aliphatic heterocycles. The molecule has 136 valence electrons. The zero-order valence-electron chi connectivity index (χ0n) is 14.1. The fourth-order valence-electron chi connectivity index (χ4n) is 2.34. The van der Waals surface area contributed by atoms with Gasteiger partial charge in [0.25, 0.3) is 10.0 Å². The van der Waals surface area contributed by atoms with Crippen LogP contribution in [0.5, 0.6) is 5.75 Å². The molecule has 2 aromatic carbocycles. The topological polar surface area (TPSA) is 87.0 Å². The maximum atomic E-state index is 12.7. The highest BCUT2D eigenvalue weighted by Crippen LogP contribution is 2.20. The smallest absolute Gasteiger partial charge is 0.325 e. The van der Waals surface area contributed by atoms with E-state index in [0.29, 0.717) is 11.3 Å². The van der Waals surface area contributed by atoms with Crippen LogP contribution in [0.2, 0.25) is 0 Å². The Hall–Kier alpha value is -2.65. The third kappa shape index (κ3) is 3.63. The van der Waals surface area contributed by atoms with Crippen molar-refractivity contribution in [2.75, 3.05) is 14.2 Å². The number of thiazole rings is 1. The third-order valence-electron chi connectivity index (χ3n) is 3.66. The van der Waals surface area contributed by atoms with E-state index in [1.54, 1.807) is 18.2 Å². The zero-order chi connectivity index (χ0) is 18.7. The van der Waals surface area contributed by atoms with Crippen molar-refractivity contribution >= 4 is 37.5 Å². The quantitative estimate of drug-likeness (QED) is 0.621. The molecule has 0 unspecified atom stereocenters. The third-order valence-corrected chi connectivity index (χ3v) is 6.11. The Kier molecular flexibility index (Phi) is 5.10. The second kappa shape index (κ2) is 7.30. The second-order valence-corrected chi connectivity index (χ2v) is 7.87. The summed E-state index contributed by atoms with van der Waals surface area (Å²) < 4.78 is 41.4. The van der Waals surface area contributed by atoms with Gasteiger partial charge in [0.1, 0.15) is 12.3 Å². The number of sulfonamides is 1. The fraction of sp³-hybridized carbons (Fsp3) is 0.176. The van der Waals surface area contributed by atoms with Crippen LogP contribution in [-0.4, -0.2) is 33.2 Å². The number of carbonyl (C=O) groups excluding carboxylic acids is 1. The number of ether oxygens (including phenoxy) is 2. The average Bonchev–Trinajstić information content (AvgIpc) is 2.98. The highest BCUT2D eigenvalue weighted by molar-refractivity contribution is 7.90. The lowest BCUT2D eigenvalue weighted by Gasteiger charge is -2.04. The van der Waals surface area contributed by atoms with Crippen molar-refractivity contribution in [1.82, 2.24) is 4.57 Å². The summed E-state index contributed by atoms with van der Waals surface area (Å²) in [6, 6.07) is 13.2. The van der Waals surface area contributed by atoms with Gasteiger partial charge in [0.15, 0.2) is 0 Å². The van der Waals surface area contributed by atoms with Crippen LogP contribution in [0.15, 0.2) is 57.8 Å². The Morgan fingerprint density at radius 3 is 2.46 bits per heavy atom. The SMILES string of the molecule is COC(=O)Cn1/c(=N/S(=O)(=O)c2ccc(OC)cc2)sc2ccccc21. The summed E-state index contributed by atoms with van der Waals surface area (Å²) in [6.07, 6.45) is 0. The Labute approximate surface area is 154 Å². The number of rotatable bonds is 5. The second-order valence-electron chi connectivity index (χ2n) is 5.26. The first-order valence-electron chi connectivity index (χ1n) is 7.55. The summed E-state index contributed by atoms with van der Waals surface area (Å²) in [6.45, 7) is -0.128. The molecule has 1 heterocycles. The van der Waals surface area contributed by atoms with E-state index >= 15 is 0 Å². The number of carbonyl (C=O) groups is 1. The molecule has 3 rings (SSSR count). The molecule has 0 spiro atoms.